The molecule has 0 atom stereocenters. The summed E-state index contributed by atoms with van der Waals surface area (Å²) >= 11 is 0. The van der Waals surface area contributed by atoms with E-state index in [1.54, 1.807) is 0 Å². The fraction of sp³-hybridized carbons (Fsp3) is 0.385. The number of ether oxygens (including phenoxy) is 3. The van der Waals surface area contributed by atoms with Gasteiger partial charge >= 0.3 is 0 Å². The molecule has 0 aliphatic carbocycles. The summed E-state index contributed by atoms with van der Waals surface area (Å²) in [7, 11) is 0. The zero-order valence-electron chi connectivity index (χ0n) is 19.7. The molecule has 7 nitrogen and oxygen atoms in total. The average Bonchev–Trinajstić information content (AvgIpc) is 3.02. The van der Waals surface area contributed by atoms with Crippen LogP contribution in [0.15, 0.2) is 54.2 Å². The summed E-state index contributed by atoms with van der Waals surface area (Å²) in [6.07, 6.45) is 0.623. The first-order chi connectivity index (χ1) is 15.9. The number of anilines is 1. The molecule has 2 amide bonds. The molecule has 1 aliphatic rings. The van der Waals surface area contributed by atoms with Crippen molar-refractivity contribution in [3.8, 4) is 11.5 Å². The predicted molar refractivity (Wildman–Crippen MR) is 128 cm³/mol. The van der Waals surface area contributed by atoms with Crippen LogP contribution in [0.5, 0.6) is 11.5 Å². The molecule has 1 aliphatic heterocycles. The Morgan fingerprint density at radius 3 is 2.15 bits per heavy atom. The minimum atomic E-state index is -0.345. The van der Waals surface area contributed by atoms with Crippen molar-refractivity contribution >= 4 is 23.1 Å². The number of carbonyl (C=O) groups excluding carboxylic acids is 2. The third kappa shape index (κ3) is 6.14. The van der Waals surface area contributed by atoms with E-state index in [1.165, 1.54) is 4.90 Å². The molecule has 0 radical (unpaired) electrons. The van der Waals surface area contributed by atoms with Gasteiger partial charge in [0.15, 0.2) is 0 Å². The maximum absolute atomic E-state index is 13.3. The average molecular weight is 453 g/mol. The Morgan fingerprint density at radius 1 is 0.879 bits per heavy atom. The monoisotopic (exact) mass is 452 g/mol. The lowest BCUT2D eigenvalue weighted by molar-refractivity contribution is -0.137. The second kappa shape index (κ2) is 11.5. The van der Waals surface area contributed by atoms with Gasteiger partial charge in [0, 0.05) is 25.4 Å². The Morgan fingerprint density at radius 2 is 1.55 bits per heavy atom. The number of nitrogens with zero attached hydrogens (tertiary/aromatic N) is 1. The fourth-order valence-electron chi connectivity index (χ4n) is 3.55. The first-order valence-corrected chi connectivity index (χ1v) is 11.4. The van der Waals surface area contributed by atoms with Gasteiger partial charge in [0.1, 0.15) is 17.2 Å². The van der Waals surface area contributed by atoms with Crippen LogP contribution in [0, 0.1) is 0 Å². The summed E-state index contributed by atoms with van der Waals surface area (Å²) in [5.74, 6) is 0.787. The molecule has 1 heterocycles. The van der Waals surface area contributed by atoms with Crippen molar-refractivity contribution in [3.63, 3.8) is 0 Å². The minimum Gasteiger partial charge on any atom is -0.494 e. The van der Waals surface area contributed by atoms with Crippen molar-refractivity contribution in [1.82, 2.24) is 4.90 Å². The van der Waals surface area contributed by atoms with E-state index in [-0.39, 0.29) is 23.6 Å². The summed E-state index contributed by atoms with van der Waals surface area (Å²) in [4.78, 5) is 27.8. The molecule has 0 aromatic heterocycles. The number of benzene rings is 2. The van der Waals surface area contributed by atoms with Gasteiger partial charge in [-0.3, -0.25) is 14.5 Å². The van der Waals surface area contributed by atoms with Crippen molar-refractivity contribution in [2.45, 2.75) is 40.2 Å². The number of amides is 2. The van der Waals surface area contributed by atoms with E-state index < -0.39 is 0 Å². The Kier molecular flexibility index (Phi) is 8.49. The fourth-order valence-corrected chi connectivity index (χ4v) is 3.55. The van der Waals surface area contributed by atoms with Crippen LogP contribution in [0.1, 0.15) is 39.7 Å². The summed E-state index contributed by atoms with van der Waals surface area (Å²) in [6.45, 7) is 9.70. The molecule has 1 N–H and O–H groups in total. The van der Waals surface area contributed by atoms with Crippen LogP contribution >= 0.6 is 0 Å². The Labute approximate surface area is 195 Å². The van der Waals surface area contributed by atoms with E-state index in [9.17, 15) is 9.59 Å². The van der Waals surface area contributed by atoms with Gasteiger partial charge in [-0.05, 0) is 76.1 Å². The highest BCUT2D eigenvalue weighted by molar-refractivity contribution is 6.36. The van der Waals surface area contributed by atoms with Crippen LogP contribution in [0.4, 0.5) is 5.69 Å². The maximum Gasteiger partial charge on any atom is 0.278 e. The molecule has 0 saturated heterocycles. The molecule has 0 saturated carbocycles. The largest absolute Gasteiger partial charge is 0.494 e. The molecule has 33 heavy (non-hydrogen) atoms. The molecule has 176 valence electrons. The minimum absolute atomic E-state index is 0.0440. The van der Waals surface area contributed by atoms with Crippen LogP contribution in [0.3, 0.4) is 0 Å². The van der Waals surface area contributed by atoms with E-state index in [1.807, 2.05) is 76.2 Å². The van der Waals surface area contributed by atoms with E-state index in [0.29, 0.717) is 55.4 Å². The molecule has 0 spiro atoms. The number of carbonyl (C=O) groups is 2. The van der Waals surface area contributed by atoms with Crippen molar-refractivity contribution in [1.29, 1.82) is 0 Å². The Bertz CT molecular complexity index is 981. The highest BCUT2D eigenvalue weighted by Gasteiger charge is 2.38. The van der Waals surface area contributed by atoms with Crippen LogP contribution in [-0.4, -0.2) is 49.2 Å². The van der Waals surface area contributed by atoms with Gasteiger partial charge in [-0.25, -0.2) is 0 Å². The zero-order valence-corrected chi connectivity index (χ0v) is 19.7. The molecule has 3 rings (SSSR count). The molecular weight excluding hydrogens is 420 g/mol. The van der Waals surface area contributed by atoms with Crippen LogP contribution in [-0.2, 0) is 14.3 Å². The van der Waals surface area contributed by atoms with Crippen LogP contribution < -0.4 is 14.8 Å². The van der Waals surface area contributed by atoms with Crippen LogP contribution in [0.25, 0.3) is 5.57 Å². The van der Waals surface area contributed by atoms with E-state index in [2.05, 4.69) is 5.32 Å². The van der Waals surface area contributed by atoms with Crippen molar-refractivity contribution < 1.29 is 23.8 Å². The first-order valence-electron chi connectivity index (χ1n) is 11.4. The van der Waals surface area contributed by atoms with Gasteiger partial charge in [-0.2, -0.15) is 0 Å². The van der Waals surface area contributed by atoms with E-state index in [4.69, 9.17) is 14.2 Å². The number of hydrogen-bond acceptors (Lipinski definition) is 6. The number of rotatable bonds is 12. The topological polar surface area (TPSA) is 77.1 Å². The Hall–Kier alpha value is -3.32. The third-order valence-corrected chi connectivity index (χ3v) is 4.99. The molecule has 0 fully saturated rings. The maximum atomic E-state index is 13.3. The number of imide groups is 1. The Balaban J connectivity index is 1.90. The lowest BCUT2D eigenvalue weighted by Gasteiger charge is -2.15. The van der Waals surface area contributed by atoms with Crippen LogP contribution in [0.2, 0.25) is 0 Å². The van der Waals surface area contributed by atoms with E-state index in [0.717, 1.165) is 5.75 Å². The lowest BCUT2D eigenvalue weighted by atomic mass is 10.0. The summed E-state index contributed by atoms with van der Waals surface area (Å²) in [6, 6.07) is 14.5. The van der Waals surface area contributed by atoms with Gasteiger partial charge in [0.05, 0.1) is 18.3 Å². The smallest absolute Gasteiger partial charge is 0.278 e. The molecule has 7 heteroatoms. The molecule has 2 aromatic carbocycles. The highest BCUT2D eigenvalue weighted by atomic mass is 16.5. The molecule has 0 bridgehead atoms. The standard InChI is InChI=1S/C26H32N2O5/c1-5-31-17-7-16-28-25(29)23(19-8-12-22(13-9-19)33-18(3)4)24(26(28)30)27-20-10-14-21(15-11-20)32-6-2/h8-15,18,27H,5-7,16-17H2,1-4H3. The van der Waals surface area contributed by atoms with Crippen molar-refractivity contribution in [3.05, 3.63) is 59.8 Å². The van der Waals surface area contributed by atoms with Gasteiger partial charge in [-0.1, -0.05) is 12.1 Å². The zero-order chi connectivity index (χ0) is 23.8. The number of nitrogens with one attached hydrogen (secondary N) is 1. The summed E-state index contributed by atoms with van der Waals surface area (Å²) < 4.78 is 16.6. The third-order valence-electron chi connectivity index (χ3n) is 4.99. The van der Waals surface area contributed by atoms with Crippen molar-refractivity contribution in [2.75, 3.05) is 31.7 Å². The SMILES string of the molecule is CCOCCCN1C(=O)C(Nc2ccc(OCC)cc2)=C(c2ccc(OC(C)C)cc2)C1=O. The predicted octanol–water partition coefficient (Wildman–Crippen LogP) is 4.49. The second-order valence-corrected chi connectivity index (χ2v) is 7.84. The van der Waals surface area contributed by atoms with Gasteiger partial charge in [0.25, 0.3) is 11.8 Å². The quantitative estimate of drug-likeness (QED) is 0.378. The number of hydrogen-bond donors (Lipinski definition) is 1. The van der Waals surface area contributed by atoms with Crippen molar-refractivity contribution in [2.24, 2.45) is 0 Å². The van der Waals surface area contributed by atoms with E-state index >= 15 is 0 Å². The normalized spacial score (nSPS) is 13.8. The van der Waals surface area contributed by atoms with Gasteiger partial charge < -0.3 is 19.5 Å². The molecule has 2 aromatic rings. The summed E-state index contributed by atoms with van der Waals surface area (Å²) in [5.41, 5.74) is 1.97. The molecular formula is C26H32N2O5. The highest BCUT2D eigenvalue weighted by Crippen LogP contribution is 2.32. The molecule has 0 unspecified atom stereocenters. The second-order valence-electron chi connectivity index (χ2n) is 7.84. The first kappa shape index (κ1) is 24.3. The van der Waals surface area contributed by atoms with Gasteiger partial charge in [0.2, 0.25) is 0 Å². The summed E-state index contributed by atoms with van der Waals surface area (Å²) in [5, 5.41) is 3.17. The lowest BCUT2D eigenvalue weighted by Crippen LogP contribution is -2.34. The van der Waals surface area contributed by atoms with Gasteiger partial charge in [-0.15, -0.1) is 0 Å².